The highest BCUT2D eigenvalue weighted by molar-refractivity contribution is 5.50. The van der Waals surface area contributed by atoms with Crippen molar-refractivity contribution in [1.29, 1.82) is 0 Å². The largest absolute Gasteiger partial charge is 0.497 e. The molecule has 18 heavy (non-hydrogen) atoms. The first-order chi connectivity index (χ1) is 8.88. The molecule has 0 radical (unpaired) electrons. The van der Waals surface area contributed by atoms with E-state index in [1.54, 1.807) is 13.4 Å². The van der Waals surface area contributed by atoms with Gasteiger partial charge in [0.15, 0.2) is 0 Å². The molecule has 2 aromatic carbocycles. The van der Waals surface area contributed by atoms with Gasteiger partial charge >= 0.3 is 0 Å². The third-order valence-corrected chi connectivity index (χ3v) is 3.18. The van der Waals surface area contributed by atoms with Crippen LogP contribution in [0.4, 0.5) is 0 Å². The first-order valence-electron chi connectivity index (χ1n) is 5.94. The lowest BCUT2D eigenvalue weighted by Gasteiger charge is -2.21. The van der Waals surface area contributed by atoms with E-state index in [4.69, 9.17) is 9.47 Å². The van der Waals surface area contributed by atoms with Crippen LogP contribution in [0.3, 0.4) is 0 Å². The maximum Gasteiger partial charge on any atom is 0.134 e. The highest BCUT2D eigenvalue weighted by atomic mass is 16.5. The Bertz CT molecular complexity index is 573. The van der Waals surface area contributed by atoms with Gasteiger partial charge in [-0.05, 0) is 17.7 Å². The van der Waals surface area contributed by atoms with Gasteiger partial charge in [-0.25, -0.2) is 0 Å². The van der Waals surface area contributed by atoms with Crippen LogP contribution >= 0.6 is 0 Å². The predicted octanol–water partition coefficient (Wildman–Crippen LogP) is 3.73. The van der Waals surface area contributed by atoms with Gasteiger partial charge in [-0.15, -0.1) is 0 Å². The van der Waals surface area contributed by atoms with Gasteiger partial charge in [-0.3, -0.25) is 0 Å². The molecular weight excluding hydrogens is 224 g/mol. The maximum atomic E-state index is 5.56. The summed E-state index contributed by atoms with van der Waals surface area (Å²) in [5, 5.41) is 0. The predicted molar refractivity (Wildman–Crippen MR) is 71.0 cm³/mol. The van der Waals surface area contributed by atoms with Crippen molar-refractivity contribution in [3.8, 4) is 11.5 Å². The summed E-state index contributed by atoms with van der Waals surface area (Å²) in [6, 6.07) is 16.4. The van der Waals surface area contributed by atoms with Crippen LogP contribution in [0.1, 0.15) is 17.0 Å². The van der Waals surface area contributed by atoms with Crippen LogP contribution in [0, 0.1) is 0 Å². The number of rotatable bonds is 2. The van der Waals surface area contributed by atoms with E-state index in [0.29, 0.717) is 0 Å². The van der Waals surface area contributed by atoms with E-state index >= 15 is 0 Å². The molecule has 0 fully saturated rings. The van der Waals surface area contributed by atoms with Gasteiger partial charge in [-0.1, -0.05) is 36.4 Å². The second kappa shape index (κ2) is 4.57. The Kier molecular flexibility index (Phi) is 2.77. The fourth-order valence-corrected chi connectivity index (χ4v) is 2.25. The van der Waals surface area contributed by atoms with Crippen LogP contribution in [0.15, 0.2) is 60.9 Å². The Hall–Kier alpha value is -2.22. The molecule has 0 aliphatic carbocycles. The first-order valence-corrected chi connectivity index (χ1v) is 5.94. The van der Waals surface area contributed by atoms with Crippen molar-refractivity contribution in [3.63, 3.8) is 0 Å². The van der Waals surface area contributed by atoms with Crippen molar-refractivity contribution in [2.75, 3.05) is 7.11 Å². The van der Waals surface area contributed by atoms with Crippen molar-refractivity contribution < 1.29 is 9.47 Å². The van der Waals surface area contributed by atoms with Crippen LogP contribution < -0.4 is 9.47 Å². The van der Waals surface area contributed by atoms with Gasteiger partial charge in [0.1, 0.15) is 11.5 Å². The van der Waals surface area contributed by atoms with Gasteiger partial charge in [0.25, 0.3) is 0 Å². The lowest BCUT2D eigenvalue weighted by atomic mass is 9.89. The highest BCUT2D eigenvalue weighted by Crippen LogP contribution is 2.38. The van der Waals surface area contributed by atoms with Gasteiger partial charge in [0.05, 0.1) is 13.4 Å². The highest BCUT2D eigenvalue weighted by Gasteiger charge is 2.19. The zero-order valence-corrected chi connectivity index (χ0v) is 10.2. The Morgan fingerprint density at radius 1 is 1.06 bits per heavy atom. The Labute approximate surface area is 106 Å². The smallest absolute Gasteiger partial charge is 0.134 e. The zero-order valence-electron chi connectivity index (χ0n) is 10.2. The minimum Gasteiger partial charge on any atom is -0.497 e. The summed E-state index contributed by atoms with van der Waals surface area (Å²) >= 11 is 0. The molecule has 1 unspecified atom stereocenters. The lowest BCUT2D eigenvalue weighted by Crippen LogP contribution is -2.05. The number of allylic oxidation sites excluding steroid dienone is 1. The summed E-state index contributed by atoms with van der Waals surface area (Å²) in [7, 11) is 1.66. The lowest BCUT2D eigenvalue weighted by molar-refractivity contribution is 0.405. The zero-order chi connectivity index (χ0) is 12.4. The van der Waals surface area contributed by atoms with Gasteiger partial charge in [0, 0.05) is 17.5 Å². The topological polar surface area (TPSA) is 18.5 Å². The SMILES string of the molecule is COc1ccc2c(c1)OC=CC2c1ccccc1. The quantitative estimate of drug-likeness (QED) is 0.793. The Balaban J connectivity index is 2.05. The second-order valence-corrected chi connectivity index (χ2v) is 4.24. The molecule has 0 N–H and O–H groups in total. The molecule has 90 valence electrons. The molecule has 0 saturated carbocycles. The Morgan fingerprint density at radius 3 is 2.67 bits per heavy atom. The fourth-order valence-electron chi connectivity index (χ4n) is 2.25. The molecule has 1 atom stereocenters. The van der Waals surface area contributed by atoms with Crippen molar-refractivity contribution in [3.05, 3.63) is 72.0 Å². The maximum absolute atomic E-state index is 5.56. The molecule has 1 aliphatic rings. The molecule has 0 saturated heterocycles. The number of fused-ring (bicyclic) bond motifs is 1. The van der Waals surface area contributed by atoms with Gasteiger partial charge in [-0.2, -0.15) is 0 Å². The van der Waals surface area contributed by atoms with E-state index in [2.05, 4.69) is 36.4 Å². The number of benzene rings is 2. The second-order valence-electron chi connectivity index (χ2n) is 4.24. The molecule has 2 heteroatoms. The standard InChI is InChI=1S/C16H14O2/c1-17-13-7-8-15-14(9-10-18-16(15)11-13)12-5-3-2-4-6-12/h2-11,14H,1H3. The van der Waals surface area contributed by atoms with E-state index in [-0.39, 0.29) is 5.92 Å². The van der Waals surface area contributed by atoms with Crippen molar-refractivity contribution in [2.24, 2.45) is 0 Å². The molecule has 2 nitrogen and oxygen atoms in total. The van der Waals surface area contributed by atoms with Crippen molar-refractivity contribution >= 4 is 0 Å². The summed E-state index contributed by atoms with van der Waals surface area (Å²) in [6.07, 6.45) is 3.82. The van der Waals surface area contributed by atoms with E-state index < -0.39 is 0 Å². The van der Waals surface area contributed by atoms with Gasteiger partial charge < -0.3 is 9.47 Å². The average molecular weight is 238 g/mol. The molecule has 0 aromatic heterocycles. The molecule has 2 aromatic rings. The third-order valence-electron chi connectivity index (χ3n) is 3.18. The average Bonchev–Trinajstić information content (AvgIpc) is 2.47. The van der Waals surface area contributed by atoms with Crippen LogP contribution in [-0.2, 0) is 0 Å². The van der Waals surface area contributed by atoms with E-state index in [9.17, 15) is 0 Å². The van der Waals surface area contributed by atoms with Crippen LogP contribution in [0.2, 0.25) is 0 Å². The Morgan fingerprint density at radius 2 is 1.89 bits per heavy atom. The minimum atomic E-state index is 0.251. The van der Waals surface area contributed by atoms with E-state index in [1.807, 2.05) is 18.2 Å². The summed E-state index contributed by atoms with van der Waals surface area (Å²) in [5.74, 6) is 1.93. The number of ether oxygens (including phenoxy) is 2. The molecule has 0 bridgehead atoms. The van der Waals surface area contributed by atoms with Crippen LogP contribution in [0.5, 0.6) is 11.5 Å². The molecule has 0 amide bonds. The number of hydrogen-bond donors (Lipinski definition) is 0. The normalized spacial score (nSPS) is 16.8. The number of hydrogen-bond acceptors (Lipinski definition) is 2. The fraction of sp³-hybridized carbons (Fsp3) is 0.125. The summed E-state index contributed by atoms with van der Waals surface area (Å²) in [5.41, 5.74) is 2.44. The van der Waals surface area contributed by atoms with Crippen molar-refractivity contribution in [1.82, 2.24) is 0 Å². The first kappa shape index (κ1) is 10.9. The molecule has 0 spiro atoms. The monoisotopic (exact) mass is 238 g/mol. The van der Waals surface area contributed by atoms with Crippen LogP contribution in [0.25, 0.3) is 0 Å². The van der Waals surface area contributed by atoms with Gasteiger partial charge in [0.2, 0.25) is 0 Å². The van der Waals surface area contributed by atoms with Crippen LogP contribution in [-0.4, -0.2) is 7.11 Å². The summed E-state index contributed by atoms with van der Waals surface area (Å²) in [6.45, 7) is 0. The van der Waals surface area contributed by atoms with Crippen molar-refractivity contribution in [2.45, 2.75) is 5.92 Å². The van der Waals surface area contributed by atoms with E-state index in [1.165, 1.54) is 11.1 Å². The minimum absolute atomic E-state index is 0.251. The van der Waals surface area contributed by atoms with E-state index in [0.717, 1.165) is 11.5 Å². The number of methoxy groups -OCH3 is 1. The summed E-state index contributed by atoms with van der Waals surface area (Å²) in [4.78, 5) is 0. The molecule has 1 aliphatic heterocycles. The molecule has 3 rings (SSSR count). The molecule has 1 heterocycles. The third kappa shape index (κ3) is 1.86. The molecular formula is C16H14O2. The summed E-state index contributed by atoms with van der Waals surface area (Å²) < 4.78 is 10.8.